The van der Waals surface area contributed by atoms with Crippen LogP contribution in [0.2, 0.25) is 5.02 Å². The molecule has 0 saturated carbocycles. The number of rotatable bonds is 14. The zero-order valence-corrected chi connectivity index (χ0v) is 22.3. The van der Waals surface area contributed by atoms with Crippen molar-refractivity contribution < 1.29 is 18.0 Å². The molecular formula is C26H36ClN3O4S. The first kappa shape index (κ1) is 28.7. The third-order valence-corrected chi connectivity index (χ3v) is 7.19. The first-order valence-corrected chi connectivity index (χ1v) is 14.2. The van der Waals surface area contributed by atoms with E-state index >= 15 is 0 Å². The van der Waals surface area contributed by atoms with E-state index in [4.69, 9.17) is 11.6 Å². The van der Waals surface area contributed by atoms with Crippen molar-refractivity contribution in [1.82, 2.24) is 10.2 Å². The van der Waals surface area contributed by atoms with Gasteiger partial charge in [-0.05, 0) is 56.0 Å². The molecule has 1 unspecified atom stereocenters. The predicted molar refractivity (Wildman–Crippen MR) is 142 cm³/mol. The molecule has 0 spiro atoms. The summed E-state index contributed by atoms with van der Waals surface area (Å²) in [6.45, 7) is 4.91. The number of hydrogen-bond donors (Lipinski definition) is 1. The lowest BCUT2D eigenvalue weighted by molar-refractivity contribution is -0.139. The van der Waals surface area contributed by atoms with Crippen LogP contribution in [-0.4, -0.2) is 57.1 Å². The van der Waals surface area contributed by atoms with E-state index in [1.54, 1.807) is 36.1 Å². The van der Waals surface area contributed by atoms with E-state index in [1.165, 1.54) is 4.31 Å². The summed E-state index contributed by atoms with van der Waals surface area (Å²) in [7, 11) is -3.54. The van der Waals surface area contributed by atoms with Crippen molar-refractivity contribution in [3.05, 3.63) is 65.2 Å². The Labute approximate surface area is 214 Å². The molecule has 0 aliphatic heterocycles. The van der Waals surface area contributed by atoms with Gasteiger partial charge in [0, 0.05) is 31.1 Å². The summed E-state index contributed by atoms with van der Waals surface area (Å²) in [6.07, 6.45) is 4.05. The maximum absolute atomic E-state index is 13.2. The van der Waals surface area contributed by atoms with Gasteiger partial charge in [0.25, 0.3) is 0 Å². The minimum absolute atomic E-state index is 0.126. The molecule has 0 aliphatic rings. The van der Waals surface area contributed by atoms with Crippen LogP contribution < -0.4 is 9.62 Å². The molecule has 2 aromatic carbocycles. The van der Waals surface area contributed by atoms with E-state index in [1.807, 2.05) is 30.3 Å². The van der Waals surface area contributed by atoms with E-state index in [2.05, 4.69) is 12.2 Å². The van der Waals surface area contributed by atoms with Gasteiger partial charge in [-0.3, -0.25) is 13.9 Å². The Balaban J connectivity index is 2.07. The Bertz CT molecular complexity index is 1050. The summed E-state index contributed by atoms with van der Waals surface area (Å²) in [5, 5.41) is 3.42. The van der Waals surface area contributed by atoms with Crippen LogP contribution in [0.25, 0.3) is 0 Å². The topological polar surface area (TPSA) is 86.8 Å². The lowest BCUT2D eigenvalue weighted by atomic mass is 10.1. The maximum Gasteiger partial charge on any atom is 0.242 e. The molecule has 9 heteroatoms. The number of hydrogen-bond acceptors (Lipinski definition) is 4. The number of nitrogens with zero attached hydrogens (tertiary/aromatic N) is 2. The van der Waals surface area contributed by atoms with Crippen LogP contribution in [0, 0.1) is 0 Å². The van der Waals surface area contributed by atoms with Gasteiger partial charge in [0.05, 0.1) is 11.9 Å². The van der Waals surface area contributed by atoms with E-state index in [9.17, 15) is 18.0 Å². The quantitative estimate of drug-likeness (QED) is 0.376. The monoisotopic (exact) mass is 521 g/mol. The number of halogens is 1. The number of carbonyl (C=O) groups is 2. The summed E-state index contributed by atoms with van der Waals surface area (Å²) in [6, 6.07) is 15.7. The third kappa shape index (κ3) is 9.53. The average Bonchev–Trinajstić information content (AvgIpc) is 2.82. The molecule has 0 heterocycles. The first-order chi connectivity index (χ1) is 16.6. The molecule has 0 aliphatic carbocycles. The maximum atomic E-state index is 13.2. The fraction of sp³-hybridized carbons (Fsp3) is 0.462. The molecule has 0 radical (unpaired) electrons. The van der Waals surface area contributed by atoms with Crippen molar-refractivity contribution >= 4 is 39.1 Å². The number of benzene rings is 2. The van der Waals surface area contributed by atoms with Gasteiger partial charge in [0.15, 0.2) is 0 Å². The second-order valence-electron chi connectivity index (χ2n) is 8.56. The second kappa shape index (κ2) is 14.1. The van der Waals surface area contributed by atoms with E-state index in [0.717, 1.165) is 24.7 Å². The van der Waals surface area contributed by atoms with Gasteiger partial charge < -0.3 is 10.2 Å². The summed E-state index contributed by atoms with van der Waals surface area (Å²) in [4.78, 5) is 27.5. The molecule has 35 heavy (non-hydrogen) atoms. The first-order valence-electron chi connectivity index (χ1n) is 12.0. The molecule has 192 valence electrons. The number of sulfonamides is 1. The molecule has 2 amide bonds. The SMILES string of the molecule is CCCCNC(=O)C(C)N(CCc1ccccc1)C(=O)CCCN(c1ccc(Cl)cc1)S(C)(=O)=O. The van der Waals surface area contributed by atoms with Gasteiger partial charge in [-0.25, -0.2) is 8.42 Å². The molecule has 0 aromatic heterocycles. The Morgan fingerprint density at radius 2 is 1.66 bits per heavy atom. The lowest BCUT2D eigenvalue weighted by Gasteiger charge is -2.29. The number of nitrogens with one attached hydrogen (secondary N) is 1. The molecule has 2 aromatic rings. The number of carbonyl (C=O) groups excluding carboxylic acids is 2. The van der Waals surface area contributed by atoms with Crippen molar-refractivity contribution in [2.24, 2.45) is 0 Å². The van der Waals surface area contributed by atoms with Crippen molar-refractivity contribution in [2.45, 2.75) is 52.0 Å². The fourth-order valence-electron chi connectivity index (χ4n) is 3.72. The third-order valence-electron chi connectivity index (χ3n) is 5.75. The Morgan fingerprint density at radius 1 is 1.00 bits per heavy atom. The van der Waals surface area contributed by atoms with Gasteiger partial charge in [-0.1, -0.05) is 55.3 Å². The molecule has 7 nitrogen and oxygen atoms in total. The highest BCUT2D eigenvalue weighted by Gasteiger charge is 2.26. The van der Waals surface area contributed by atoms with Crippen LogP contribution in [0.5, 0.6) is 0 Å². The van der Waals surface area contributed by atoms with Crippen LogP contribution in [0.15, 0.2) is 54.6 Å². The van der Waals surface area contributed by atoms with Crippen LogP contribution >= 0.6 is 11.6 Å². The van der Waals surface area contributed by atoms with Crippen LogP contribution in [0.1, 0.15) is 45.1 Å². The average molecular weight is 522 g/mol. The lowest BCUT2D eigenvalue weighted by Crippen LogP contribution is -2.49. The number of unbranched alkanes of at least 4 members (excludes halogenated alkanes) is 1. The van der Waals surface area contributed by atoms with Crippen molar-refractivity contribution in [3.8, 4) is 0 Å². The zero-order valence-electron chi connectivity index (χ0n) is 20.7. The normalized spacial score (nSPS) is 12.1. The highest BCUT2D eigenvalue weighted by atomic mass is 35.5. The Morgan fingerprint density at radius 3 is 2.26 bits per heavy atom. The van der Waals surface area contributed by atoms with Crippen molar-refractivity contribution in [1.29, 1.82) is 0 Å². The van der Waals surface area contributed by atoms with E-state index < -0.39 is 16.1 Å². The van der Waals surface area contributed by atoms with Crippen molar-refractivity contribution in [3.63, 3.8) is 0 Å². The largest absolute Gasteiger partial charge is 0.354 e. The van der Waals surface area contributed by atoms with Crippen LogP contribution in [0.4, 0.5) is 5.69 Å². The molecule has 0 fully saturated rings. The van der Waals surface area contributed by atoms with Gasteiger partial charge in [-0.15, -0.1) is 0 Å². The molecular weight excluding hydrogens is 486 g/mol. The number of anilines is 1. The standard InChI is InChI=1S/C26H36ClN3O4S/c1-4-5-18-28-26(32)21(2)29(20-17-22-10-7-6-8-11-22)25(31)12-9-19-30(35(3,33)34)24-15-13-23(27)14-16-24/h6-8,10-11,13-16,21H,4-5,9,12,17-20H2,1-3H3,(H,28,32). The molecule has 0 bridgehead atoms. The summed E-state index contributed by atoms with van der Waals surface area (Å²) >= 11 is 5.93. The fourth-order valence-corrected chi connectivity index (χ4v) is 4.81. The van der Waals surface area contributed by atoms with Gasteiger partial charge in [-0.2, -0.15) is 0 Å². The minimum atomic E-state index is -3.54. The summed E-state index contributed by atoms with van der Waals surface area (Å²) in [5.41, 5.74) is 1.57. The summed E-state index contributed by atoms with van der Waals surface area (Å²) in [5.74, 6) is -0.359. The van der Waals surface area contributed by atoms with Gasteiger partial charge >= 0.3 is 0 Å². The second-order valence-corrected chi connectivity index (χ2v) is 10.9. The van der Waals surface area contributed by atoms with Crippen LogP contribution in [0.3, 0.4) is 0 Å². The molecule has 1 atom stereocenters. The van der Waals surface area contributed by atoms with Gasteiger partial charge in [0.1, 0.15) is 6.04 Å². The molecule has 0 saturated heterocycles. The van der Waals surface area contributed by atoms with E-state index in [0.29, 0.717) is 36.6 Å². The molecule has 2 rings (SSSR count). The Hall–Kier alpha value is -2.58. The predicted octanol–water partition coefficient (Wildman–Crippen LogP) is 4.26. The minimum Gasteiger partial charge on any atom is -0.354 e. The van der Waals surface area contributed by atoms with Gasteiger partial charge in [0.2, 0.25) is 21.8 Å². The Kier molecular flexibility index (Phi) is 11.5. The zero-order chi connectivity index (χ0) is 25.8. The highest BCUT2D eigenvalue weighted by Crippen LogP contribution is 2.21. The van der Waals surface area contributed by atoms with E-state index in [-0.39, 0.29) is 24.8 Å². The summed E-state index contributed by atoms with van der Waals surface area (Å²) < 4.78 is 26.0. The molecule has 1 N–H and O–H groups in total. The highest BCUT2D eigenvalue weighted by molar-refractivity contribution is 7.92. The smallest absolute Gasteiger partial charge is 0.242 e. The number of amides is 2. The van der Waals surface area contributed by atoms with Crippen molar-refractivity contribution in [2.75, 3.05) is 30.2 Å². The van der Waals surface area contributed by atoms with Crippen LogP contribution in [-0.2, 0) is 26.0 Å².